The van der Waals surface area contributed by atoms with Crippen molar-refractivity contribution in [3.8, 4) is 0 Å². The molecule has 4 fully saturated rings. The molecule has 0 aromatic rings. The molecule has 0 aromatic carbocycles. The first kappa shape index (κ1) is 18.7. The van der Waals surface area contributed by atoms with Crippen molar-refractivity contribution >= 4 is 11.6 Å². The smallest absolute Gasteiger partial charge is 0.139 e. The normalized spacial score (nSPS) is 49.3. The minimum Gasteiger partial charge on any atom is -0.300 e. The molecule has 4 saturated carbocycles. The van der Waals surface area contributed by atoms with Crippen molar-refractivity contribution in [2.24, 2.45) is 46.3 Å². The van der Waals surface area contributed by atoms with Crippen molar-refractivity contribution in [2.75, 3.05) is 0 Å². The zero-order chi connectivity index (χ0) is 18.7. The Morgan fingerprint density at radius 3 is 2.54 bits per heavy atom. The van der Waals surface area contributed by atoms with Crippen LogP contribution in [0.2, 0.25) is 0 Å². The van der Waals surface area contributed by atoms with Crippen LogP contribution in [0.15, 0.2) is 0 Å². The van der Waals surface area contributed by atoms with Crippen LogP contribution < -0.4 is 0 Å². The maximum absolute atomic E-state index is 13.6. The molecule has 4 aliphatic carbocycles. The predicted molar refractivity (Wildman–Crippen MR) is 105 cm³/mol. The van der Waals surface area contributed by atoms with Gasteiger partial charge in [0.25, 0.3) is 0 Å². The van der Waals surface area contributed by atoms with Gasteiger partial charge in [-0.05, 0) is 73.0 Å². The second-order valence-electron chi connectivity index (χ2n) is 10.8. The standard InChI is InChI=1S/C24H38O2/c1-5-6-15(2)19-9-10-20-18-8-7-16-13-17(25)11-12-23(16,3)21(18)14-22(26)24(19,20)4/h15-16,18-21H,5-14H2,1-4H3/t15-,16?,18+,19-,20+,21+,23+,24-/m1/s1. The molecule has 1 unspecified atom stereocenters. The molecular formula is C24H38O2. The lowest BCUT2D eigenvalue weighted by Crippen LogP contribution is -2.57. The van der Waals surface area contributed by atoms with E-state index in [1.54, 1.807) is 0 Å². The summed E-state index contributed by atoms with van der Waals surface area (Å²) in [6, 6.07) is 0. The molecule has 2 heteroatoms. The van der Waals surface area contributed by atoms with Gasteiger partial charge >= 0.3 is 0 Å². The van der Waals surface area contributed by atoms with E-state index >= 15 is 0 Å². The summed E-state index contributed by atoms with van der Waals surface area (Å²) in [7, 11) is 0. The van der Waals surface area contributed by atoms with Gasteiger partial charge in [-0.2, -0.15) is 0 Å². The topological polar surface area (TPSA) is 34.1 Å². The zero-order valence-corrected chi connectivity index (χ0v) is 17.4. The molecule has 4 aliphatic rings. The molecule has 0 N–H and O–H groups in total. The van der Waals surface area contributed by atoms with Crippen molar-refractivity contribution in [2.45, 2.75) is 91.9 Å². The fraction of sp³-hybridized carbons (Fsp3) is 0.917. The molecule has 0 spiro atoms. The maximum atomic E-state index is 13.6. The van der Waals surface area contributed by atoms with Gasteiger partial charge in [0.1, 0.15) is 11.6 Å². The van der Waals surface area contributed by atoms with E-state index in [1.807, 2.05) is 0 Å². The van der Waals surface area contributed by atoms with Crippen LogP contribution in [-0.4, -0.2) is 11.6 Å². The summed E-state index contributed by atoms with van der Waals surface area (Å²) in [4.78, 5) is 25.6. The number of hydrogen-bond acceptors (Lipinski definition) is 2. The van der Waals surface area contributed by atoms with Gasteiger partial charge in [0.15, 0.2) is 0 Å². The minimum absolute atomic E-state index is 0.0660. The Morgan fingerprint density at radius 1 is 1.04 bits per heavy atom. The second-order valence-corrected chi connectivity index (χ2v) is 10.8. The number of carbonyl (C=O) groups excluding carboxylic acids is 2. The largest absolute Gasteiger partial charge is 0.300 e. The summed E-state index contributed by atoms with van der Waals surface area (Å²) in [5, 5.41) is 0. The fourth-order valence-electron chi connectivity index (χ4n) is 8.35. The molecule has 4 rings (SSSR count). The van der Waals surface area contributed by atoms with E-state index in [9.17, 15) is 9.59 Å². The molecule has 2 nitrogen and oxygen atoms in total. The van der Waals surface area contributed by atoms with Crippen molar-refractivity contribution in [3.63, 3.8) is 0 Å². The van der Waals surface area contributed by atoms with Crippen LogP contribution in [0, 0.1) is 46.3 Å². The van der Waals surface area contributed by atoms with E-state index in [0.717, 1.165) is 31.6 Å². The van der Waals surface area contributed by atoms with Crippen molar-refractivity contribution in [1.82, 2.24) is 0 Å². The zero-order valence-electron chi connectivity index (χ0n) is 17.4. The van der Waals surface area contributed by atoms with E-state index in [1.165, 1.54) is 38.5 Å². The molecule has 0 amide bonds. The highest BCUT2D eigenvalue weighted by Crippen LogP contribution is 2.67. The third-order valence-corrected chi connectivity index (χ3v) is 9.84. The summed E-state index contributed by atoms with van der Waals surface area (Å²) < 4.78 is 0. The molecule has 0 aromatic heterocycles. The van der Waals surface area contributed by atoms with Crippen LogP contribution in [0.4, 0.5) is 0 Å². The summed E-state index contributed by atoms with van der Waals surface area (Å²) in [6.07, 6.45) is 10.9. The Labute approximate surface area is 159 Å². The molecule has 146 valence electrons. The molecule has 0 radical (unpaired) electrons. The molecule has 0 bridgehead atoms. The van der Waals surface area contributed by atoms with Crippen LogP contribution in [0.3, 0.4) is 0 Å². The highest BCUT2D eigenvalue weighted by molar-refractivity contribution is 5.87. The highest BCUT2D eigenvalue weighted by atomic mass is 16.1. The number of carbonyl (C=O) groups is 2. The van der Waals surface area contributed by atoms with Crippen LogP contribution >= 0.6 is 0 Å². The van der Waals surface area contributed by atoms with Gasteiger partial charge in [0.2, 0.25) is 0 Å². The van der Waals surface area contributed by atoms with Gasteiger partial charge < -0.3 is 0 Å². The van der Waals surface area contributed by atoms with E-state index in [4.69, 9.17) is 0 Å². The highest BCUT2D eigenvalue weighted by Gasteiger charge is 2.63. The van der Waals surface area contributed by atoms with Gasteiger partial charge in [-0.15, -0.1) is 0 Å². The van der Waals surface area contributed by atoms with Crippen LogP contribution in [-0.2, 0) is 9.59 Å². The average molecular weight is 359 g/mol. The number of Topliss-reactive ketones (excluding diaryl/α,β-unsaturated/α-hetero) is 2. The average Bonchev–Trinajstić information content (AvgIpc) is 2.96. The molecule has 0 aliphatic heterocycles. The van der Waals surface area contributed by atoms with E-state index < -0.39 is 0 Å². The Morgan fingerprint density at radius 2 is 1.81 bits per heavy atom. The Kier molecular flexibility index (Phi) is 4.64. The second kappa shape index (κ2) is 6.45. The van der Waals surface area contributed by atoms with Gasteiger partial charge in [-0.25, -0.2) is 0 Å². The van der Waals surface area contributed by atoms with Crippen LogP contribution in [0.1, 0.15) is 91.9 Å². The van der Waals surface area contributed by atoms with Crippen molar-refractivity contribution in [1.29, 1.82) is 0 Å². The Hall–Kier alpha value is -0.660. The third-order valence-electron chi connectivity index (χ3n) is 9.84. The van der Waals surface area contributed by atoms with Crippen molar-refractivity contribution in [3.05, 3.63) is 0 Å². The minimum atomic E-state index is -0.0660. The Balaban J connectivity index is 1.63. The number of ketones is 2. The molecule has 0 heterocycles. The Bertz CT molecular complexity index is 595. The summed E-state index contributed by atoms with van der Waals surface area (Å²) in [5.41, 5.74) is 0.171. The van der Waals surface area contributed by atoms with E-state index in [-0.39, 0.29) is 10.8 Å². The molecule has 0 saturated heterocycles. The van der Waals surface area contributed by atoms with Crippen molar-refractivity contribution < 1.29 is 9.59 Å². The first-order valence-corrected chi connectivity index (χ1v) is 11.4. The predicted octanol–water partition coefficient (Wildman–Crippen LogP) is 5.83. The number of fused-ring (bicyclic) bond motifs is 5. The van der Waals surface area contributed by atoms with E-state index in [0.29, 0.717) is 41.2 Å². The lowest BCUT2D eigenvalue weighted by molar-refractivity contribution is -0.159. The molecular weight excluding hydrogens is 320 g/mol. The molecule has 26 heavy (non-hydrogen) atoms. The van der Waals surface area contributed by atoms with Crippen LogP contribution in [0.5, 0.6) is 0 Å². The number of hydrogen-bond donors (Lipinski definition) is 0. The first-order valence-electron chi connectivity index (χ1n) is 11.4. The van der Waals surface area contributed by atoms with Gasteiger partial charge in [-0.1, -0.05) is 40.5 Å². The van der Waals surface area contributed by atoms with Gasteiger partial charge in [-0.3, -0.25) is 9.59 Å². The van der Waals surface area contributed by atoms with Gasteiger partial charge in [0, 0.05) is 24.7 Å². The number of rotatable bonds is 3. The monoisotopic (exact) mass is 358 g/mol. The molecule has 8 atom stereocenters. The maximum Gasteiger partial charge on any atom is 0.139 e. The third kappa shape index (κ3) is 2.49. The fourth-order valence-corrected chi connectivity index (χ4v) is 8.35. The lowest BCUT2D eigenvalue weighted by atomic mass is 9.44. The quantitative estimate of drug-likeness (QED) is 0.636. The summed E-state index contributed by atoms with van der Waals surface area (Å²) >= 11 is 0. The summed E-state index contributed by atoms with van der Waals surface area (Å²) in [5.74, 6) is 4.73. The summed E-state index contributed by atoms with van der Waals surface area (Å²) in [6.45, 7) is 9.45. The first-order chi connectivity index (χ1) is 12.3. The SMILES string of the molecule is CCC[C@@H](C)[C@H]1CC[C@H]2[C@@H]3CCC4CC(=O)CC[C@]4(C)[C@H]3CC(=O)[C@]12C. The van der Waals surface area contributed by atoms with Gasteiger partial charge in [0.05, 0.1) is 0 Å². The van der Waals surface area contributed by atoms with Crippen LogP contribution in [0.25, 0.3) is 0 Å². The van der Waals surface area contributed by atoms with E-state index in [2.05, 4.69) is 27.7 Å². The lowest BCUT2D eigenvalue weighted by Gasteiger charge is -2.59.